The van der Waals surface area contributed by atoms with Gasteiger partial charge in [-0.1, -0.05) is 0 Å². The van der Waals surface area contributed by atoms with Crippen LogP contribution in [0.3, 0.4) is 0 Å². The van der Waals surface area contributed by atoms with Gasteiger partial charge in [0.15, 0.2) is 5.69 Å². The molecule has 0 amide bonds. The molecule has 0 fully saturated rings. The van der Waals surface area contributed by atoms with Gasteiger partial charge < -0.3 is 9.67 Å². The molecule has 3 heterocycles. The summed E-state index contributed by atoms with van der Waals surface area (Å²) < 4.78 is 2.81. The Morgan fingerprint density at radius 3 is 2.77 bits per heavy atom. The van der Waals surface area contributed by atoms with Gasteiger partial charge in [-0.25, -0.2) is 9.78 Å². The number of carbonyl (C=O) groups is 1. The molecule has 0 radical (unpaired) electrons. The summed E-state index contributed by atoms with van der Waals surface area (Å²) >= 11 is 4.44. The number of carboxylic acids is 1. The number of aryl methyl sites for hydroxylation is 1. The molecule has 0 saturated heterocycles. The van der Waals surface area contributed by atoms with Crippen molar-refractivity contribution in [2.24, 2.45) is 7.05 Å². The molecule has 0 aromatic carbocycles. The summed E-state index contributed by atoms with van der Waals surface area (Å²) in [7, 11) is 1.64. The van der Waals surface area contributed by atoms with Crippen molar-refractivity contribution >= 4 is 49.1 Å². The molecule has 0 spiro atoms. The van der Waals surface area contributed by atoms with E-state index in [0.29, 0.717) is 14.9 Å². The third-order valence-corrected chi connectivity index (χ3v) is 4.73. The Labute approximate surface area is 136 Å². The van der Waals surface area contributed by atoms with E-state index in [0.717, 1.165) is 4.70 Å². The van der Waals surface area contributed by atoms with Crippen LogP contribution in [0.2, 0.25) is 0 Å². The minimum absolute atomic E-state index is 0.0978. The van der Waals surface area contributed by atoms with Gasteiger partial charge in [0.25, 0.3) is 5.69 Å². The van der Waals surface area contributed by atoms with Crippen LogP contribution in [-0.2, 0) is 7.05 Å². The number of carboxylic acid groups (broad SMARTS) is 1. The van der Waals surface area contributed by atoms with Crippen molar-refractivity contribution in [1.29, 1.82) is 0 Å². The van der Waals surface area contributed by atoms with Crippen molar-refractivity contribution < 1.29 is 14.8 Å². The van der Waals surface area contributed by atoms with E-state index in [1.807, 2.05) is 0 Å². The van der Waals surface area contributed by atoms with Gasteiger partial charge in [-0.2, -0.15) is 0 Å². The monoisotopic (exact) mass is 381 g/mol. The Kier molecular flexibility index (Phi) is 3.45. The summed E-state index contributed by atoms with van der Waals surface area (Å²) in [6.45, 7) is 0. The Morgan fingerprint density at radius 2 is 2.18 bits per heavy atom. The van der Waals surface area contributed by atoms with E-state index >= 15 is 0 Å². The van der Waals surface area contributed by atoms with Crippen LogP contribution in [0.4, 0.5) is 5.69 Å². The fourth-order valence-electron chi connectivity index (χ4n) is 2.19. The average Bonchev–Trinajstić information content (AvgIpc) is 2.98. The molecule has 0 unspecified atom stereocenters. The number of rotatable bonds is 3. The molecule has 0 bridgehead atoms. The molecular formula is C13H8BrN3O4S. The van der Waals surface area contributed by atoms with Gasteiger partial charge >= 0.3 is 5.97 Å². The van der Waals surface area contributed by atoms with E-state index in [1.54, 1.807) is 23.7 Å². The number of nitrogens with zero attached hydrogens (tertiary/aromatic N) is 3. The number of aromatic nitrogens is 2. The molecule has 0 aliphatic heterocycles. The molecule has 3 aromatic rings. The van der Waals surface area contributed by atoms with Crippen LogP contribution in [0.15, 0.2) is 28.9 Å². The summed E-state index contributed by atoms with van der Waals surface area (Å²) in [4.78, 5) is 26.5. The van der Waals surface area contributed by atoms with Crippen LogP contribution < -0.4 is 0 Å². The Bertz CT molecular complexity index is 931. The number of halogens is 1. The van der Waals surface area contributed by atoms with E-state index < -0.39 is 10.9 Å². The third kappa shape index (κ3) is 2.28. The van der Waals surface area contributed by atoms with Gasteiger partial charge in [0.05, 0.1) is 20.0 Å². The molecule has 0 saturated carbocycles. The molecule has 3 aromatic heterocycles. The highest BCUT2D eigenvalue weighted by molar-refractivity contribution is 9.10. The molecule has 9 heteroatoms. The Hall–Kier alpha value is -2.26. The van der Waals surface area contributed by atoms with E-state index in [2.05, 4.69) is 20.9 Å². The molecule has 0 atom stereocenters. The standard InChI is InChI=1S/C13H8BrN3O4S/c1-16-7-3-11(22-10(7)4-9(16)13(18)19)12-8(17(20)21)2-6(14)5-15-12/h2-5H,1H3,(H,18,19). The highest BCUT2D eigenvalue weighted by atomic mass is 79.9. The van der Waals surface area contributed by atoms with Crippen LogP contribution in [-0.4, -0.2) is 25.6 Å². The maximum atomic E-state index is 11.2. The lowest BCUT2D eigenvalue weighted by molar-refractivity contribution is -0.384. The lowest BCUT2D eigenvalue weighted by Gasteiger charge is -2.00. The van der Waals surface area contributed by atoms with Crippen molar-refractivity contribution in [2.75, 3.05) is 0 Å². The second kappa shape index (κ2) is 5.18. The summed E-state index contributed by atoms with van der Waals surface area (Å²) in [5.41, 5.74) is 1.05. The average molecular weight is 382 g/mol. The first kappa shape index (κ1) is 14.7. The summed E-state index contributed by atoms with van der Waals surface area (Å²) in [6, 6.07) is 4.67. The molecule has 3 rings (SSSR count). The number of nitro groups is 1. The molecule has 112 valence electrons. The van der Waals surface area contributed by atoms with E-state index in [4.69, 9.17) is 5.11 Å². The minimum Gasteiger partial charge on any atom is -0.477 e. The number of fused-ring (bicyclic) bond motifs is 1. The molecular weight excluding hydrogens is 374 g/mol. The number of aromatic carboxylic acids is 1. The van der Waals surface area contributed by atoms with Crippen LogP contribution in [0, 0.1) is 10.1 Å². The molecule has 0 aliphatic rings. The first-order valence-corrected chi connectivity index (χ1v) is 7.62. The highest BCUT2D eigenvalue weighted by Gasteiger charge is 2.21. The van der Waals surface area contributed by atoms with Crippen LogP contribution in [0.5, 0.6) is 0 Å². The first-order chi connectivity index (χ1) is 10.4. The third-order valence-electron chi connectivity index (χ3n) is 3.21. The second-order valence-corrected chi connectivity index (χ2v) is 6.53. The molecule has 1 N–H and O–H groups in total. The maximum Gasteiger partial charge on any atom is 0.352 e. The van der Waals surface area contributed by atoms with Gasteiger partial charge in [-0.3, -0.25) is 10.1 Å². The summed E-state index contributed by atoms with van der Waals surface area (Å²) in [5.74, 6) is -1.01. The van der Waals surface area contributed by atoms with E-state index in [9.17, 15) is 14.9 Å². The zero-order valence-electron chi connectivity index (χ0n) is 11.1. The van der Waals surface area contributed by atoms with Crippen molar-refractivity contribution in [2.45, 2.75) is 0 Å². The van der Waals surface area contributed by atoms with Crippen molar-refractivity contribution in [3.63, 3.8) is 0 Å². The molecule has 22 heavy (non-hydrogen) atoms. The highest BCUT2D eigenvalue weighted by Crippen LogP contribution is 2.38. The van der Waals surface area contributed by atoms with Crippen LogP contribution in [0.25, 0.3) is 20.8 Å². The first-order valence-electron chi connectivity index (χ1n) is 6.01. The lowest BCUT2D eigenvalue weighted by Crippen LogP contribution is -2.03. The van der Waals surface area contributed by atoms with Gasteiger partial charge in [-0.05, 0) is 28.1 Å². The largest absolute Gasteiger partial charge is 0.477 e. The van der Waals surface area contributed by atoms with Crippen LogP contribution in [0.1, 0.15) is 10.5 Å². The Balaban J connectivity index is 2.20. The zero-order valence-corrected chi connectivity index (χ0v) is 13.5. The molecule has 0 aliphatic carbocycles. The zero-order chi connectivity index (χ0) is 16.0. The number of thiophene rings is 1. The Morgan fingerprint density at radius 1 is 1.45 bits per heavy atom. The van der Waals surface area contributed by atoms with Gasteiger partial charge in [0.1, 0.15) is 5.69 Å². The molecule has 7 nitrogen and oxygen atoms in total. The number of pyridine rings is 1. The second-order valence-electron chi connectivity index (χ2n) is 4.53. The number of hydrogen-bond donors (Lipinski definition) is 1. The van der Waals surface area contributed by atoms with Crippen molar-refractivity contribution in [1.82, 2.24) is 9.55 Å². The lowest BCUT2D eigenvalue weighted by atomic mass is 10.2. The maximum absolute atomic E-state index is 11.2. The van der Waals surface area contributed by atoms with Crippen LogP contribution >= 0.6 is 27.3 Å². The predicted molar refractivity (Wildman–Crippen MR) is 85.3 cm³/mol. The predicted octanol–water partition coefficient (Wildman–Crippen LogP) is 3.67. The topological polar surface area (TPSA) is 98.3 Å². The quantitative estimate of drug-likeness (QED) is 0.551. The van der Waals surface area contributed by atoms with Gasteiger partial charge in [-0.15, -0.1) is 11.3 Å². The fraction of sp³-hybridized carbons (Fsp3) is 0.0769. The number of hydrogen-bond acceptors (Lipinski definition) is 5. The van der Waals surface area contributed by atoms with Crippen molar-refractivity contribution in [3.05, 3.63) is 44.7 Å². The van der Waals surface area contributed by atoms with Crippen molar-refractivity contribution in [3.8, 4) is 10.6 Å². The smallest absolute Gasteiger partial charge is 0.352 e. The SMILES string of the molecule is Cn1c(C(=O)O)cc2sc(-c3ncc(Br)cc3[N+](=O)[O-])cc21. The normalized spacial score (nSPS) is 11.0. The van der Waals surface area contributed by atoms with Gasteiger partial charge in [0.2, 0.25) is 0 Å². The minimum atomic E-state index is -1.01. The summed E-state index contributed by atoms with van der Waals surface area (Å²) in [5, 5.41) is 20.3. The van der Waals surface area contributed by atoms with E-state index in [1.165, 1.54) is 23.6 Å². The van der Waals surface area contributed by atoms with Gasteiger partial charge in [0, 0.05) is 23.8 Å². The van der Waals surface area contributed by atoms with E-state index in [-0.39, 0.29) is 17.1 Å². The fourth-order valence-corrected chi connectivity index (χ4v) is 3.64. The summed E-state index contributed by atoms with van der Waals surface area (Å²) in [6.07, 6.45) is 1.50.